The number of carbonyl (C=O) groups is 1. The maximum Gasteiger partial charge on any atom is 0.257 e. The zero-order chi connectivity index (χ0) is 13.5. The number of likely N-dealkylation sites (N-methyl/N-ethyl adjacent to an activating group) is 1. The first kappa shape index (κ1) is 14.8. The maximum atomic E-state index is 11.2. The van der Waals surface area contributed by atoms with Gasteiger partial charge in [-0.05, 0) is 46.6 Å². The third-order valence-corrected chi connectivity index (χ3v) is 2.94. The molecule has 0 heterocycles. The Hall–Kier alpha value is -1.27. The number of carbonyl (C=O) groups excluding carboxylic acids is 1. The number of ether oxygens (including phenoxy) is 2. The lowest BCUT2D eigenvalue weighted by Gasteiger charge is -2.13. The van der Waals surface area contributed by atoms with Crippen LogP contribution in [0.4, 0.5) is 0 Å². The van der Waals surface area contributed by atoms with Crippen molar-refractivity contribution in [1.29, 1.82) is 0 Å². The van der Waals surface area contributed by atoms with Crippen LogP contribution < -0.4 is 20.5 Å². The smallest absolute Gasteiger partial charge is 0.257 e. The molecule has 18 heavy (non-hydrogen) atoms. The van der Waals surface area contributed by atoms with Crippen molar-refractivity contribution in [3.63, 3.8) is 0 Å². The molecule has 0 unspecified atom stereocenters. The minimum atomic E-state index is -0.199. The van der Waals surface area contributed by atoms with Crippen LogP contribution in [0.5, 0.6) is 11.5 Å². The number of benzene rings is 1. The van der Waals surface area contributed by atoms with Crippen LogP contribution in [0.2, 0.25) is 0 Å². The molecule has 0 fully saturated rings. The molecule has 0 atom stereocenters. The van der Waals surface area contributed by atoms with E-state index in [0.717, 1.165) is 16.5 Å². The van der Waals surface area contributed by atoms with Crippen LogP contribution in [0.1, 0.15) is 5.56 Å². The van der Waals surface area contributed by atoms with E-state index in [1.807, 2.05) is 12.1 Å². The third-order valence-electron chi connectivity index (χ3n) is 2.35. The number of halogens is 1. The second-order valence-electron chi connectivity index (χ2n) is 3.61. The summed E-state index contributed by atoms with van der Waals surface area (Å²) in [5.41, 5.74) is 6.57. The summed E-state index contributed by atoms with van der Waals surface area (Å²) in [4.78, 5) is 11.2. The lowest BCUT2D eigenvalue weighted by Crippen LogP contribution is -2.25. The van der Waals surface area contributed by atoms with E-state index < -0.39 is 0 Å². The first-order valence-electron chi connectivity index (χ1n) is 5.52. The number of nitrogens with one attached hydrogen (secondary N) is 1. The van der Waals surface area contributed by atoms with Crippen molar-refractivity contribution in [3.8, 4) is 11.5 Å². The van der Waals surface area contributed by atoms with Gasteiger partial charge in [0.25, 0.3) is 5.91 Å². The Labute approximate surface area is 115 Å². The number of amides is 1. The van der Waals surface area contributed by atoms with E-state index in [1.54, 1.807) is 14.2 Å². The van der Waals surface area contributed by atoms with Crippen molar-refractivity contribution in [1.82, 2.24) is 5.32 Å². The van der Waals surface area contributed by atoms with Crippen molar-refractivity contribution in [2.24, 2.45) is 5.73 Å². The van der Waals surface area contributed by atoms with Gasteiger partial charge in [0.05, 0.1) is 11.6 Å². The number of hydrogen-bond acceptors (Lipinski definition) is 4. The van der Waals surface area contributed by atoms with Crippen molar-refractivity contribution in [2.45, 2.75) is 6.42 Å². The van der Waals surface area contributed by atoms with Crippen LogP contribution in [-0.4, -0.2) is 33.2 Å². The molecule has 1 aromatic rings. The van der Waals surface area contributed by atoms with Gasteiger partial charge in [-0.3, -0.25) is 4.79 Å². The topological polar surface area (TPSA) is 73.6 Å². The zero-order valence-electron chi connectivity index (χ0n) is 10.5. The number of rotatable bonds is 6. The fourth-order valence-electron chi connectivity index (χ4n) is 1.43. The van der Waals surface area contributed by atoms with Crippen molar-refractivity contribution < 1.29 is 14.3 Å². The molecule has 1 aromatic carbocycles. The van der Waals surface area contributed by atoms with Crippen LogP contribution in [0.15, 0.2) is 16.6 Å². The minimum absolute atomic E-state index is 0.0539. The highest BCUT2D eigenvalue weighted by Gasteiger charge is 2.12. The molecule has 1 amide bonds. The van der Waals surface area contributed by atoms with E-state index in [-0.39, 0.29) is 12.5 Å². The molecule has 0 spiro atoms. The Morgan fingerprint density at radius 1 is 1.50 bits per heavy atom. The van der Waals surface area contributed by atoms with Crippen molar-refractivity contribution in [2.75, 3.05) is 27.3 Å². The van der Waals surface area contributed by atoms with Crippen LogP contribution in [0.3, 0.4) is 0 Å². The first-order valence-corrected chi connectivity index (χ1v) is 6.31. The molecule has 0 aromatic heterocycles. The summed E-state index contributed by atoms with van der Waals surface area (Å²) in [6.07, 6.45) is 0.755. The van der Waals surface area contributed by atoms with Gasteiger partial charge in [0, 0.05) is 7.05 Å². The molecular weight excluding hydrogens is 300 g/mol. The molecule has 5 nitrogen and oxygen atoms in total. The van der Waals surface area contributed by atoms with Crippen LogP contribution >= 0.6 is 15.9 Å². The SMILES string of the molecule is CNC(=O)COc1c(Br)cc(CCN)cc1OC. The molecule has 0 saturated heterocycles. The number of hydrogen-bond donors (Lipinski definition) is 2. The fourth-order valence-corrected chi connectivity index (χ4v) is 2.04. The summed E-state index contributed by atoms with van der Waals surface area (Å²) in [5, 5.41) is 2.49. The fraction of sp³-hybridized carbons (Fsp3) is 0.417. The van der Waals surface area contributed by atoms with Crippen LogP contribution in [0, 0.1) is 0 Å². The summed E-state index contributed by atoms with van der Waals surface area (Å²) in [7, 11) is 3.11. The average Bonchev–Trinajstić information content (AvgIpc) is 2.36. The minimum Gasteiger partial charge on any atom is -0.493 e. The predicted octanol–water partition coefficient (Wildman–Crippen LogP) is 1.08. The highest BCUT2D eigenvalue weighted by molar-refractivity contribution is 9.10. The van der Waals surface area contributed by atoms with Gasteiger partial charge < -0.3 is 20.5 Å². The highest BCUT2D eigenvalue weighted by atomic mass is 79.9. The molecule has 0 bridgehead atoms. The maximum absolute atomic E-state index is 11.2. The van der Waals surface area contributed by atoms with E-state index in [4.69, 9.17) is 15.2 Å². The van der Waals surface area contributed by atoms with Gasteiger partial charge in [-0.1, -0.05) is 0 Å². The first-order chi connectivity index (χ1) is 8.62. The standard InChI is InChI=1S/C12H17BrN2O3/c1-15-11(16)7-18-12-9(13)5-8(3-4-14)6-10(12)17-2/h5-6H,3-4,7,14H2,1-2H3,(H,15,16). The summed E-state index contributed by atoms with van der Waals surface area (Å²) in [5.74, 6) is 0.897. The van der Waals surface area contributed by atoms with E-state index in [1.165, 1.54) is 0 Å². The predicted molar refractivity (Wildman–Crippen MR) is 73.0 cm³/mol. The van der Waals surface area contributed by atoms with Gasteiger partial charge >= 0.3 is 0 Å². The van der Waals surface area contributed by atoms with Gasteiger partial charge in [0.1, 0.15) is 0 Å². The van der Waals surface area contributed by atoms with E-state index >= 15 is 0 Å². The largest absolute Gasteiger partial charge is 0.493 e. The lowest BCUT2D eigenvalue weighted by molar-refractivity contribution is -0.122. The molecule has 3 N–H and O–H groups in total. The van der Waals surface area contributed by atoms with E-state index in [0.29, 0.717) is 18.0 Å². The molecule has 0 aliphatic heterocycles. The van der Waals surface area contributed by atoms with Gasteiger partial charge in [-0.15, -0.1) is 0 Å². The second kappa shape index (κ2) is 7.23. The van der Waals surface area contributed by atoms with E-state index in [9.17, 15) is 4.79 Å². The molecule has 0 saturated carbocycles. The van der Waals surface area contributed by atoms with Crippen molar-refractivity contribution >= 4 is 21.8 Å². The van der Waals surface area contributed by atoms with Gasteiger partial charge in [-0.25, -0.2) is 0 Å². The second-order valence-corrected chi connectivity index (χ2v) is 4.46. The van der Waals surface area contributed by atoms with Gasteiger partial charge in [0.15, 0.2) is 18.1 Å². The summed E-state index contributed by atoms with van der Waals surface area (Å²) < 4.78 is 11.4. The zero-order valence-corrected chi connectivity index (χ0v) is 12.0. The average molecular weight is 317 g/mol. The lowest BCUT2D eigenvalue weighted by atomic mass is 10.1. The summed E-state index contributed by atoms with van der Waals surface area (Å²) in [6.45, 7) is 0.510. The monoisotopic (exact) mass is 316 g/mol. The Morgan fingerprint density at radius 3 is 2.78 bits per heavy atom. The highest BCUT2D eigenvalue weighted by Crippen LogP contribution is 2.36. The molecule has 100 valence electrons. The number of nitrogens with two attached hydrogens (primary N) is 1. The van der Waals surface area contributed by atoms with E-state index in [2.05, 4.69) is 21.2 Å². The Morgan fingerprint density at radius 2 is 2.22 bits per heavy atom. The Kier molecular flexibility index (Phi) is 5.94. The Bertz CT molecular complexity index is 424. The number of methoxy groups -OCH3 is 1. The molecule has 1 rings (SSSR count). The summed E-state index contributed by atoms with van der Waals surface area (Å²) in [6, 6.07) is 3.77. The summed E-state index contributed by atoms with van der Waals surface area (Å²) >= 11 is 3.40. The molecule has 0 aliphatic rings. The normalized spacial score (nSPS) is 10.0. The molecular formula is C12H17BrN2O3. The van der Waals surface area contributed by atoms with Crippen LogP contribution in [0.25, 0.3) is 0 Å². The Balaban J connectivity index is 2.92. The van der Waals surface area contributed by atoms with Crippen molar-refractivity contribution in [3.05, 3.63) is 22.2 Å². The molecule has 0 aliphatic carbocycles. The van der Waals surface area contributed by atoms with Crippen LogP contribution in [-0.2, 0) is 11.2 Å². The van der Waals surface area contributed by atoms with Gasteiger partial charge in [0.2, 0.25) is 0 Å². The molecule has 0 radical (unpaired) electrons. The quantitative estimate of drug-likeness (QED) is 0.823. The molecule has 6 heteroatoms. The third kappa shape index (κ3) is 3.89. The van der Waals surface area contributed by atoms with Gasteiger partial charge in [-0.2, -0.15) is 0 Å².